The van der Waals surface area contributed by atoms with Crippen molar-refractivity contribution in [3.8, 4) is 0 Å². The lowest BCUT2D eigenvalue weighted by Gasteiger charge is -2.03. The lowest BCUT2D eigenvalue weighted by atomic mass is 10.2. The zero-order chi connectivity index (χ0) is 13.0. The molecule has 1 heterocycles. The SMILES string of the molecule is CCc1cnc(CNC(=O)c2cccc(I)c2)s1. The molecule has 0 atom stereocenters. The molecule has 0 aliphatic carbocycles. The van der Waals surface area contributed by atoms with Crippen molar-refractivity contribution < 1.29 is 4.79 Å². The molecule has 18 heavy (non-hydrogen) atoms. The molecule has 1 N–H and O–H groups in total. The average Bonchev–Trinajstić information content (AvgIpc) is 2.84. The third-order valence-electron chi connectivity index (χ3n) is 2.44. The molecule has 0 spiro atoms. The number of aromatic nitrogens is 1. The van der Waals surface area contributed by atoms with Gasteiger partial charge < -0.3 is 5.32 Å². The van der Waals surface area contributed by atoms with Gasteiger partial charge in [-0.05, 0) is 47.2 Å². The smallest absolute Gasteiger partial charge is 0.251 e. The molecule has 0 bridgehead atoms. The summed E-state index contributed by atoms with van der Waals surface area (Å²) in [6, 6.07) is 7.53. The highest BCUT2D eigenvalue weighted by Crippen LogP contribution is 2.13. The van der Waals surface area contributed by atoms with Crippen molar-refractivity contribution in [1.82, 2.24) is 10.3 Å². The van der Waals surface area contributed by atoms with Gasteiger partial charge in [-0.2, -0.15) is 0 Å². The molecule has 0 saturated heterocycles. The molecule has 1 amide bonds. The predicted octanol–water partition coefficient (Wildman–Crippen LogP) is 3.24. The van der Waals surface area contributed by atoms with Crippen molar-refractivity contribution >= 4 is 39.8 Å². The van der Waals surface area contributed by atoms with Gasteiger partial charge in [0.2, 0.25) is 0 Å². The Hall–Kier alpha value is -0.950. The Bertz CT molecular complexity index is 553. The van der Waals surface area contributed by atoms with Crippen LogP contribution in [0.25, 0.3) is 0 Å². The van der Waals surface area contributed by atoms with Gasteiger partial charge in [0.15, 0.2) is 0 Å². The third-order valence-corrected chi connectivity index (χ3v) is 4.25. The molecule has 0 unspecified atom stereocenters. The van der Waals surface area contributed by atoms with Crippen molar-refractivity contribution in [3.63, 3.8) is 0 Å². The van der Waals surface area contributed by atoms with Crippen molar-refractivity contribution in [3.05, 3.63) is 49.5 Å². The van der Waals surface area contributed by atoms with Crippen LogP contribution in [0.3, 0.4) is 0 Å². The molecule has 94 valence electrons. The summed E-state index contributed by atoms with van der Waals surface area (Å²) in [6.45, 7) is 2.59. The molecule has 0 fully saturated rings. The summed E-state index contributed by atoms with van der Waals surface area (Å²) >= 11 is 3.84. The summed E-state index contributed by atoms with van der Waals surface area (Å²) < 4.78 is 1.06. The van der Waals surface area contributed by atoms with Gasteiger partial charge >= 0.3 is 0 Å². The lowest BCUT2D eigenvalue weighted by molar-refractivity contribution is 0.0951. The van der Waals surface area contributed by atoms with Crippen LogP contribution in [0.5, 0.6) is 0 Å². The highest BCUT2D eigenvalue weighted by molar-refractivity contribution is 14.1. The van der Waals surface area contributed by atoms with E-state index in [0.717, 1.165) is 15.0 Å². The van der Waals surface area contributed by atoms with Gasteiger partial charge in [0, 0.05) is 20.2 Å². The number of carbonyl (C=O) groups excluding carboxylic acids is 1. The van der Waals surface area contributed by atoms with E-state index in [1.807, 2.05) is 30.5 Å². The zero-order valence-corrected chi connectivity index (χ0v) is 12.9. The molecule has 3 nitrogen and oxygen atoms in total. The number of hydrogen-bond acceptors (Lipinski definition) is 3. The van der Waals surface area contributed by atoms with Crippen LogP contribution in [-0.4, -0.2) is 10.9 Å². The van der Waals surface area contributed by atoms with Crippen LogP contribution < -0.4 is 5.32 Å². The lowest BCUT2D eigenvalue weighted by Crippen LogP contribution is -2.22. The molecular formula is C13H13IN2OS. The molecule has 0 aliphatic rings. The Morgan fingerprint density at radius 3 is 3.00 bits per heavy atom. The van der Waals surface area contributed by atoms with E-state index in [-0.39, 0.29) is 5.91 Å². The number of rotatable bonds is 4. The number of aryl methyl sites for hydroxylation is 1. The fourth-order valence-electron chi connectivity index (χ4n) is 1.48. The highest BCUT2D eigenvalue weighted by Gasteiger charge is 2.07. The fraction of sp³-hybridized carbons (Fsp3) is 0.231. The summed E-state index contributed by atoms with van der Waals surface area (Å²) in [5.74, 6) is -0.0539. The minimum atomic E-state index is -0.0539. The highest BCUT2D eigenvalue weighted by atomic mass is 127. The van der Waals surface area contributed by atoms with Gasteiger partial charge in [-0.25, -0.2) is 4.98 Å². The first-order valence-electron chi connectivity index (χ1n) is 5.66. The number of benzene rings is 1. The number of nitrogens with zero attached hydrogens (tertiary/aromatic N) is 1. The molecule has 0 radical (unpaired) electrons. The van der Waals surface area contributed by atoms with E-state index in [2.05, 4.69) is 39.8 Å². The van der Waals surface area contributed by atoms with E-state index in [0.29, 0.717) is 12.1 Å². The maximum Gasteiger partial charge on any atom is 0.251 e. The minimum absolute atomic E-state index is 0.0539. The van der Waals surface area contributed by atoms with Gasteiger partial charge in [0.05, 0.1) is 6.54 Å². The third kappa shape index (κ3) is 3.52. The molecule has 1 aromatic heterocycles. The van der Waals surface area contributed by atoms with Crippen molar-refractivity contribution in [2.24, 2.45) is 0 Å². The van der Waals surface area contributed by atoms with Crippen LogP contribution in [-0.2, 0) is 13.0 Å². The monoisotopic (exact) mass is 372 g/mol. The summed E-state index contributed by atoms with van der Waals surface area (Å²) in [7, 11) is 0. The van der Waals surface area contributed by atoms with E-state index in [9.17, 15) is 4.79 Å². The standard InChI is InChI=1S/C13H13IN2OS/c1-2-11-7-15-12(18-11)8-16-13(17)9-4-3-5-10(14)6-9/h3-7H,2,8H2,1H3,(H,16,17). The van der Waals surface area contributed by atoms with E-state index in [1.165, 1.54) is 4.88 Å². The van der Waals surface area contributed by atoms with E-state index in [1.54, 1.807) is 11.3 Å². The zero-order valence-electron chi connectivity index (χ0n) is 9.94. The summed E-state index contributed by atoms with van der Waals surface area (Å²) in [5, 5.41) is 3.84. The van der Waals surface area contributed by atoms with Crippen molar-refractivity contribution in [2.45, 2.75) is 19.9 Å². The van der Waals surface area contributed by atoms with Crippen molar-refractivity contribution in [2.75, 3.05) is 0 Å². The van der Waals surface area contributed by atoms with Gasteiger partial charge in [-0.1, -0.05) is 13.0 Å². The number of nitrogens with one attached hydrogen (secondary N) is 1. The Kier molecular flexibility index (Phi) is 4.71. The van der Waals surface area contributed by atoms with Gasteiger partial charge in [0.1, 0.15) is 5.01 Å². The largest absolute Gasteiger partial charge is 0.346 e. The number of carbonyl (C=O) groups is 1. The van der Waals surface area contributed by atoms with Gasteiger partial charge in [-0.3, -0.25) is 4.79 Å². The Morgan fingerprint density at radius 1 is 1.50 bits per heavy atom. The predicted molar refractivity (Wildman–Crippen MR) is 81.8 cm³/mol. The molecule has 0 aliphatic heterocycles. The van der Waals surface area contributed by atoms with Gasteiger partial charge in [0.25, 0.3) is 5.91 Å². The molecule has 2 aromatic rings. The molecule has 0 saturated carbocycles. The molecule has 1 aromatic carbocycles. The van der Waals surface area contributed by atoms with Crippen LogP contribution in [0, 0.1) is 3.57 Å². The number of halogens is 1. The topological polar surface area (TPSA) is 42.0 Å². The Labute approximate surface area is 124 Å². The van der Waals surface area contributed by atoms with Crippen LogP contribution in [0.4, 0.5) is 0 Å². The number of hydrogen-bond donors (Lipinski definition) is 1. The molecular weight excluding hydrogens is 359 g/mol. The average molecular weight is 372 g/mol. The number of amides is 1. The van der Waals surface area contributed by atoms with Crippen LogP contribution in [0.15, 0.2) is 30.5 Å². The first-order chi connectivity index (χ1) is 8.69. The summed E-state index contributed by atoms with van der Waals surface area (Å²) in [5.41, 5.74) is 0.689. The Morgan fingerprint density at radius 2 is 2.33 bits per heavy atom. The summed E-state index contributed by atoms with van der Waals surface area (Å²) in [6.07, 6.45) is 2.86. The maximum absolute atomic E-state index is 11.9. The number of thiazole rings is 1. The van der Waals surface area contributed by atoms with E-state index < -0.39 is 0 Å². The summed E-state index contributed by atoms with van der Waals surface area (Å²) in [4.78, 5) is 17.4. The second-order valence-electron chi connectivity index (χ2n) is 3.77. The minimum Gasteiger partial charge on any atom is -0.346 e. The van der Waals surface area contributed by atoms with E-state index in [4.69, 9.17) is 0 Å². The molecule has 5 heteroatoms. The van der Waals surface area contributed by atoms with Crippen LogP contribution >= 0.6 is 33.9 Å². The van der Waals surface area contributed by atoms with Crippen LogP contribution in [0.2, 0.25) is 0 Å². The molecule has 2 rings (SSSR count). The maximum atomic E-state index is 11.9. The first kappa shape index (κ1) is 13.5. The van der Waals surface area contributed by atoms with Crippen LogP contribution in [0.1, 0.15) is 27.2 Å². The Balaban J connectivity index is 1.96. The fourth-order valence-corrected chi connectivity index (χ4v) is 2.83. The second kappa shape index (κ2) is 6.29. The first-order valence-corrected chi connectivity index (χ1v) is 7.56. The normalized spacial score (nSPS) is 10.3. The van der Waals surface area contributed by atoms with Crippen molar-refractivity contribution in [1.29, 1.82) is 0 Å². The quantitative estimate of drug-likeness (QED) is 0.838. The van der Waals surface area contributed by atoms with E-state index >= 15 is 0 Å². The van der Waals surface area contributed by atoms with Gasteiger partial charge in [-0.15, -0.1) is 11.3 Å². The second-order valence-corrected chi connectivity index (χ2v) is 6.21.